The molecule has 0 N–H and O–H groups in total. The highest BCUT2D eigenvalue weighted by Crippen LogP contribution is 2.24. The SMILES string of the molecule is COc1cc(=O)n(-c2ccccc2)cc1C(=O)N1CCc2oncc2C1. The molecule has 0 aliphatic carbocycles. The molecule has 0 atom stereocenters. The Bertz CT molecular complexity index is 1010. The van der Waals surface area contributed by atoms with Crippen molar-refractivity contribution in [3.63, 3.8) is 0 Å². The van der Waals surface area contributed by atoms with E-state index in [1.807, 2.05) is 30.3 Å². The second-order valence-corrected chi connectivity index (χ2v) is 6.05. The summed E-state index contributed by atoms with van der Waals surface area (Å²) in [5, 5.41) is 3.79. The van der Waals surface area contributed by atoms with Gasteiger partial charge < -0.3 is 14.2 Å². The molecule has 7 heteroatoms. The molecule has 1 amide bonds. The molecule has 3 heterocycles. The fraction of sp³-hybridized carbons (Fsp3) is 0.211. The summed E-state index contributed by atoms with van der Waals surface area (Å²) in [4.78, 5) is 27.2. The number of amides is 1. The van der Waals surface area contributed by atoms with Crippen molar-refractivity contribution in [2.45, 2.75) is 13.0 Å². The molecule has 132 valence electrons. The number of aromatic nitrogens is 2. The lowest BCUT2D eigenvalue weighted by molar-refractivity contribution is 0.0724. The Morgan fingerprint density at radius 1 is 1.27 bits per heavy atom. The smallest absolute Gasteiger partial charge is 0.259 e. The molecule has 0 fully saturated rings. The van der Waals surface area contributed by atoms with Gasteiger partial charge in [0.2, 0.25) is 0 Å². The van der Waals surface area contributed by atoms with Crippen LogP contribution >= 0.6 is 0 Å². The van der Waals surface area contributed by atoms with Gasteiger partial charge in [0.15, 0.2) is 0 Å². The maximum Gasteiger partial charge on any atom is 0.259 e. The Morgan fingerprint density at radius 2 is 2.08 bits per heavy atom. The number of hydrogen-bond acceptors (Lipinski definition) is 5. The summed E-state index contributed by atoms with van der Waals surface area (Å²) in [6, 6.07) is 10.5. The molecule has 3 aromatic rings. The van der Waals surface area contributed by atoms with Crippen LogP contribution in [0.5, 0.6) is 5.75 Å². The van der Waals surface area contributed by atoms with Crippen molar-refractivity contribution in [3.8, 4) is 11.4 Å². The van der Waals surface area contributed by atoms with Crippen molar-refractivity contribution in [1.82, 2.24) is 14.6 Å². The highest BCUT2D eigenvalue weighted by molar-refractivity contribution is 5.96. The van der Waals surface area contributed by atoms with E-state index in [2.05, 4.69) is 5.16 Å². The first kappa shape index (κ1) is 16.1. The van der Waals surface area contributed by atoms with Crippen LogP contribution in [-0.2, 0) is 13.0 Å². The Kier molecular flexibility index (Phi) is 4.04. The van der Waals surface area contributed by atoms with Crippen LogP contribution in [0.15, 0.2) is 58.1 Å². The van der Waals surface area contributed by atoms with Gasteiger partial charge in [0, 0.05) is 36.5 Å². The van der Waals surface area contributed by atoms with Gasteiger partial charge in [0.25, 0.3) is 11.5 Å². The second kappa shape index (κ2) is 6.51. The molecule has 0 bridgehead atoms. The van der Waals surface area contributed by atoms with Crippen LogP contribution < -0.4 is 10.3 Å². The average molecular weight is 351 g/mol. The first-order chi connectivity index (χ1) is 12.7. The third-order valence-corrected chi connectivity index (χ3v) is 4.49. The predicted octanol–water partition coefficient (Wildman–Crippen LogP) is 2.03. The Balaban J connectivity index is 1.73. The monoisotopic (exact) mass is 351 g/mol. The number of para-hydroxylation sites is 1. The summed E-state index contributed by atoms with van der Waals surface area (Å²) in [6.07, 6.45) is 3.79. The predicted molar refractivity (Wildman–Crippen MR) is 93.5 cm³/mol. The number of ether oxygens (including phenoxy) is 1. The van der Waals surface area contributed by atoms with E-state index in [9.17, 15) is 9.59 Å². The van der Waals surface area contributed by atoms with E-state index in [0.29, 0.717) is 30.8 Å². The molecule has 1 aliphatic heterocycles. The number of benzene rings is 1. The highest BCUT2D eigenvalue weighted by atomic mass is 16.5. The van der Waals surface area contributed by atoms with Crippen LogP contribution in [0.2, 0.25) is 0 Å². The van der Waals surface area contributed by atoms with E-state index < -0.39 is 0 Å². The van der Waals surface area contributed by atoms with Crippen molar-refractivity contribution < 1.29 is 14.1 Å². The van der Waals surface area contributed by atoms with Crippen LogP contribution in [0.1, 0.15) is 21.7 Å². The molecule has 4 rings (SSSR count). The van der Waals surface area contributed by atoms with Gasteiger partial charge in [-0.1, -0.05) is 23.4 Å². The summed E-state index contributed by atoms with van der Waals surface area (Å²) in [5.41, 5.74) is 1.68. The van der Waals surface area contributed by atoms with E-state index in [1.54, 1.807) is 17.3 Å². The van der Waals surface area contributed by atoms with Gasteiger partial charge in [-0.3, -0.25) is 14.2 Å². The van der Waals surface area contributed by atoms with Gasteiger partial charge in [0.05, 0.1) is 25.4 Å². The fourth-order valence-electron chi connectivity index (χ4n) is 3.12. The van der Waals surface area contributed by atoms with Crippen LogP contribution in [-0.4, -0.2) is 34.2 Å². The minimum absolute atomic E-state index is 0.196. The van der Waals surface area contributed by atoms with Crippen LogP contribution in [0.4, 0.5) is 0 Å². The first-order valence-corrected chi connectivity index (χ1v) is 8.25. The number of pyridine rings is 1. The zero-order valence-electron chi connectivity index (χ0n) is 14.2. The Labute approximate surface area is 149 Å². The van der Waals surface area contributed by atoms with Gasteiger partial charge in [-0.25, -0.2) is 0 Å². The van der Waals surface area contributed by atoms with Gasteiger partial charge in [-0.2, -0.15) is 0 Å². The topological polar surface area (TPSA) is 77.6 Å². The molecular weight excluding hydrogens is 334 g/mol. The lowest BCUT2D eigenvalue weighted by atomic mass is 10.1. The summed E-state index contributed by atoms with van der Waals surface area (Å²) in [7, 11) is 1.45. The lowest BCUT2D eigenvalue weighted by Gasteiger charge is -2.26. The number of hydrogen-bond donors (Lipinski definition) is 0. The van der Waals surface area contributed by atoms with Crippen molar-refractivity contribution in [1.29, 1.82) is 0 Å². The van der Waals surface area contributed by atoms with E-state index in [-0.39, 0.29) is 17.2 Å². The van der Waals surface area contributed by atoms with Gasteiger partial charge in [-0.15, -0.1) is 0 Å². The third kappa shape index (κ3) is 2.77. The maximum absolute atomic E-state index is 13.1. The van der Waals surface area contributed by atoms with Crippen molar-refractivity contribution in [3.05, 3.63) is 76.0 Å². The lowest BCUT2D eigenvalue weighted by Crippen LogP contribution is -2.36. The Hall–Kier alpha value is -3.35. The van der Waals surface area contributed by atoms with E-state index in [4.69, 9.17) is 9.26 Å². The summed E-state index contributed by atoms with van der Waals surface area (Å²) in [6.45, 7) is 0.944. The zero-order chi connectivity index (χ0) is 18.1. The van der Waals surface area contributed by atoms with Crippen LogP contribution in [0.3, 0.4) is 0 Å². The molecular formula is C19H17N3O4. The van der Waals surface area contributed by atoms with Crippen molar-refractivity contribution >= 4 is 5.91 Å². The number of rotatable bonds is 3. The van der Waals surface area contributed by atoms with Crippen molar-refractivity contribution in [2.75, 3.05) is 13.7 Å². The van der Waals surface area contributed by atoms with Gasteiger partial charge in [-0.05, 0) is 12.1 Å². The van der Waals surface area contributed by atoms with Crippen LogP contribution in [0.25, 0.3) is 5.69 Å². The number of carbonyl (C=O) groups excluding carboxylic acids is 1. The second-order valence-electron chi connectivity index (χ2n) is 6.05. The molecule has 1 aromatic carbocycles. The molecule has 0 spiro atoms. The van der Waals surface area contributed by atoms with E-state index in [1.165, 1.54) is 17.7 Å². The number of carbonyl (C=O) groups is 1. The fourth-order valence-corrected chi connectivity index (χ4v) is 3.12. The zero-order valence-corrected chi connectivity index (χ0v) is 14.2. The summed E-state index contributed by atoms with van der Waals surface area (Å²) < 4.78 is 11.9. The van der Waals surface area contributed by atoms with E-state index in [0.717, 1.165) is 11.3 Å². The minimum atomic E-state index is -0.260. The van der Waals surface area contributed by atoms with Gasteiger partial charge in [0.1, 0.15) is 11.5 Å². The summed E-state index contributed by atoms with van der Waals surface area (Å²) in [5.74, 6) is 0.886. The number of fused-ring (bicyclic) bond motifs is 1. The number of nitrogens with zero attached hydrogens (tertiary/aromatic N) is 3. The standard InChI is InChI=1S/C19H17N3O4/c1-25-17-9-18(23)22(14-5-3-2-4-6-14)12-15(17)19(24)21-8-7-16-13(11-21)10-20-26-16/h2-6,9-10,12H,7-8,11H2,1H3. The maximum atomic E-state index is 13.1. The highest BCUT2D eigenvalue weighted by Gasteiger charge is 2.27. The van der Waals surface area contributed by atoms with Gasteiger partial charge >= 0.3 is 0 Å². The normalized spacial score (nSPS) is 13.3. The van der Waals surface area contributed by atoms with Crippen molar-refractivity contribution in [2.24, 2.45) is 0 Å². The largest absolute Gasteiger partial charge is 0.496 e. The Morgan fingerprint density at radius 3 is 2.85 bits per heavy atom. The summed E-state index contributed by atoms with van der Waals surface area (Å²) >= 11 is 0. The molecule has 7 nitrogen and oxygen atoms in total. The molecule has 0 radical (unpaired) electrons. The van der Waals surface area contributed by atoms with E-state index >= 15 is 0 Å². The molecule has 1 aliphatic rings. The molecule has 0 saturated carbocycles. The third-order valence-electron chi connectivity index (χ3n) is 4.49. The average Bonchev–Trinajstić information content (AvgIpc) is 3.15. The van der Waals surface area contributed by atoms with Crippen LogP contribution in [0, 0.1) is 0 Å². The first-order valence-electron chi connectivity index (χ1n) is 8.25. The molecule has 26 heavy (non-hydrogen) atoms. The molecule has 0 saturated heterocycles. The molecule has 2 aromatic heterocycles. The quantitative estimate of drug-likeness (QED) is 0.722. The number of methoxy groups -OCH3 is 1. The minimum Gasteiger partial charge on any atom is -0.496 e. The molecule has 0 unspecified atom stereocenters.